The highest BCUT2D eigenvalue weighted by atomic mass is 19.4. The number of fused-ring (bicyclic) bond motifs is 3. The van der Waals surface area contributed by atoms with E-state index in [-0.39, 0.29) is 11.5 Å². The monoisotopic (exact) mass is 422 g/mol. The fraction of sp³-hybridized carbons (Fsp3) is 0.571. The molecule has 0 saturated heterocycles. The lowest BCUT2D eigenvalue weighted by molar-refractivity contribution is -0.218. The van der Waals surface area contributed by atoms with E-state index in [1.54, 1.807) is 26.0 Å². The first-order valence-corrected chi connectivity index (χ1v) is 10.2. The van der Waals surface area contributed by atoms with Crippen molar-refractivity contribution in [2.24, 2.45) is 11.8 Å². The Balaban J connectivity index is 1.77. The summed E-state index contributed by atoms with van der Waals surface area (Å²) in [4.78, 5) is 29.7. The summed E-state index contributed by atoms with van der Waals surface area (Å²) in [7, 11) is 0. The summed E-state index contributed by atoms with van der Waals surface area (Å²) in [6.07, 6.45) is -0.419. The maximum absolute atomic E-state index is 14.4. The molecule has 2 amide bonds. The first-order chi connectivity index (χ1) is 14.0. The highest BCUT2D eigenvalue weighted by molar-refractivity contribution is 6.05. The van der Waals surface area contributed by atoms with Crippen molar-refractivity contribution in [3.63, 3.8) is 0 Å². The molecule has 1 fully saturated rings. The van der Waals surface area contributed by atoms with E-state index in [0.29, 0.717) is 17.9 Å². The van der Waals surface area contributed by atoms with Crippen LogP contribution in [-0.4, -0.2) is 27.5 Å². The molecule has 2 aromatic rings. The van der Waals surface area contributed by atoms with E-state index in [1.165, 1.54) is 0 Å². The van der Waals surface area contributed by atoms with Gasteiger partial charge in [-0.15, -0.1) is 0 Å². The van der Waals surface area contributed by atoms with Gasteiger partial charge in [-0.05, 0) is 49.4 Å². The maximum Gasteiger partial charge on any atom is 0.440 e. The number of amides is 2. The van der Waals surface area contributed by atoms with Gasteiger partial charge in [-0.25, -0.2) is 4.98 Å². The zero-order valence-corrected chi connectivity index (χ0v) is 17.2. The molecule has 2 atom stereocenters. The quantitative estimate of drug-likeness (QED) is 0.777. The van der Waals surface area contributed by atoms with Crippen molar-refractivity contribution in [2.45, 2.75) is 64.7 Å². The number of carbonyl (C=O) groups is 2. The summed E-state index contributed by atoms with van der Waals surface area (Å²) in [5, 5.41) is 4.29. The van der Waals surface area contributed by atoms with Gasteiger partial charge in [-0.3, -0.25) is 19.5 Å². The van der Waals surface area contributed by atoms with Gasteiger partial charge in [0.15, 0.2) is 0 Å². The number of carbonyl (C=O) groups excluding carboxylic acids is 2. The average molecular weight is 422 g/mol. The van der Waals surface area contributed by atoms with E-state index in [1.807, 2.05) is 6.92 Å². The van der Waals surface area contributed by atoms with Crippen LogP contribution in [0.4, 0.5) is 19.1 Å². The molecular formula is C21H25F3N4O2. The molecule has 1 aromatic heterocycles. The smallest absolute Gasteiger partial charge is 0.317 e. The third-order valence-electron chi connectivity index (χ3n) is 6.48. The molecule has 1 aromatic carbocycles. The third kappa shape index (κ3) is 3.06. The number of halogens is 3. The van der Waals surface area contributed by atoms with Crippen LogP contribution < -0.4 is 10.6 Å². The Labute approximate surface area is 172 Å². The number of rotatable bonds is 4. The number of alkyl halides is 3. The molecule has 2 unspecified atom stereocenters. The normalized spacial score (nSPS) is 22.9. The second-order valence-electron chi connectivity index (χ2n) is 8.63. The SMILES string of the molecule is Cc1cc2nc3n(c2cc1C)C(NC(=O)C(C)CC1CCCC1)(C(F)(F)F)C(=O)N3. The summed E-state index contributed by atoms with van der Waals surface area (Å²) in [5.41, 5.74) is -1.11. The molecule has 2 aliphatic rings. The summed E-state index contributed by atoms with van der Waals surface area (Å²) >= 11 is 0. The lowest BCUT2D eigenvalue weighted by Gasteiger charge is -2.33. The van der Waals surface area contributed by atoms with Crippen LogP contribution in [0.5, 0.6) is 0 Å². The summed E-state index contributed by atoms with van der Waals surface area (Å²) in [5.74, 6) is -2.66. The zero-order valence-electron chi connectivity index (χ0n) is 17.2. The maximum atomic E-state index is 14.4. The summed E-state index contributed by atoms with van der Waals surface area (Å²) in [6, 6.07) is 3.24. The fourth-order valence-corrected chi connectivity index (χ4v) is 4.64. The molecule has 1 aliphatic heterocycles. The third-order valence-corrected chi connectivity index (χ3v) is 6.48. The van der Waals surface area contributed by atoms with Crippen molar-refractivity contribution in [1.29, 1.82) is 0 Å². The van der Waals surface area contributed by atoms with Gasteiger partial charge in [0.1, 0.15) is 0 Å². The topological polar surface area (TPSA) is 76.0 Å². The van der Waals surface area contributed by atoms with Gasteiger partial charge in [0.05, 0.1) is 11.0 Å². The molecule has 162 valence electrons. The number of aryl methyl sites for hydroxylation is 2. The molecule has 2 heterocycles. The van der Waals surface area contributed by atoms with Crippen LogP contribution in [0.2, 0.25) is 0 Å². The predicted molar refractivity (Wildman–Crippen MR) is 106 cm³/mol. The molecule has 30 heavy (non-hydrogen) atoms. The van der Waals surface area contributed by atoms with Crippen LogP contribution >= 0.6 is 0 Å². The zero-order chi connectivity index (χ0) is 21.8. The van der Waals surface area contributed by atoms with E-state index >= 15 is 0 Å². The standard InChI is InChI=1S/C21H25F3N4O2/c1-11-9-15-16(10-12(11)2)28-19(25-15)26-18(30)20(28,21(22,23)24)27-17(29)13(3)8-14-6-4-5-7-14/h9-10,13-14H,4-8H2,1-3H3,(H,27,29)(H,25,26,30). The molecule has 6 nitrogen and oxygen atoms in total. The highest BCUT2D eigenvalue weighted by Gasteiger charge is 2.67. The first-order valence-electron chi connectivity index (χ1n) is 10.2. The highest BCUT2D eigenvalue weighted by Crippen LogP contribution is 2.44. The van der Waals surface area contributed by atoms with Gasteiger partial charge in [-0.2, -0.15) is 13.2 Å². The largest absolute Gasteiger partial charge is 0.440 e. The van der Waals surface area contributed by atoms with Crippen molar-refractivity contribution >= 4 is 28.8 Å². The van der Waals surface area contributed by atoms with E-state index in [4.69, 9.17) is 0 Å². The lowest BCUT2D eigenvalue weighted by atomic mass is 9.93. The number of aromatic nitrogens is 2. The fourth-order valence-electron chi connectivity index (χ4n) is 4.64. The molecule has 0 spiro atoms. The minimum Gasteiger partial charge on any atom is -0.317 e. The van der Waals surface area contributed by atoms with Crippen molar-refractivity contribution < 1.29 is 22.8 Å². The van der Waals surface area contributed by atoms with Crippen LogP contribution in [-0.2, 0) is 15.3 Å². The number of benzene rings is 1. The van der Waals surface area contributed by atoms with Crippen LogP contribution in [0.25, 0.3) is 11.0 Å². The molecule has 0 radical (unpaired) electrons. The molecule has 4 rings (SSSR count). The minimum atomic E-state index is -5.06. The Kier molecular flexibility index (Phi) is 4.82. The second-order valence-corrected chi connectivity index (χ2v) is 8.63. The van der Waals surface area contributed by atoms with E-state index < -0.39 is 29.6 Å². The van der Waals surface area contributed by atoms with Crippen molar-refractivity contribution in [1.82, 2.24) is 14.9 Å². The van der Waals surface area contributed by atoms with E-state index in [0.717, 1.165) is 41.4 Å². The van der Waals surface area contributed by atoms with Gasteiger partial charge in [0.2, 0.25) is 11.9 Å². The molecule has 0 bridgehead atoms. The molecule has 9 heteroatoms. The van der Waals surface area contributed by atoms with Gasteiger partial charge in [0, 0.05) is 5.92 Å². The number of anilines is 1. The molecule has 2 N–H and O–H groups in total. The molecule has 1 saturated carbocycles. The Morgan fingerprint density at radius 1 is 1.30 bits per heavy atom. The number of nitrogens with one attached hydrogen (secondary N) is 2. The molecule has 1 aliphatic carbocycles. The van der Waals surface area contributed by atoms with Crippen LogP contribution in [0.1, 0.15) is 50.2 Å². The second kappa shape index (κ2) is 6.99. The molecular weight excluding hydrogens is 397 g/mol. The average Bonchev–Trinajstić information content (AvgIpc) is 3.32. The Hall–Kier alpha value is -2.58. The van der Waals surface area contributed by atoms with Gasteiger partial charge in [-0.1, -0.05) is 32.6 Å². The number of nitrogens with zero attached hydrogens (tertiary/aromatic N) is 2. The lowest BCUT2D eigenvalue weighted by Crippen LogP contribution is -2.64. The number of imidazole rings is 1. The Bertz CT molecular complexity index is 1020. The van der Waals surface area contributed by atoms with Crippen LogP contribution in [0.3, 0.4) is 0 Å². The van der Waals surface area contributed by atoms with E-state index in [9.17, 15) is 22.8 Å². The van der Waals surface area contributed by atoms with Crippen molar-refractivity contribution in [3.05, 3.63) is 23.3 Å². The Morgan fingerprint density at radius 2 is 1.93 bits per heavy atom. The predicted octanol–water partition coefficient (Wildman–Crippen LogP) is 4.15. The van der Waals surface area contributed by atoms with E-state index in [2.05, 4.69) is 15.6 Å². The van der Waals surface area contributed by atoms with Gasteiger partial charge in [0.25, 0.3) is 11.6 Å². The van der Waals surface area contributed by atoms with Crippen molar-refractivity contribution in [2.75, 3.05) is 5.32 Å². The summed E-state index contributed by atoms with van der Waals surface area (Å²) < 4.78 is 44.1. The van der Waals surface area contributed by atoms with Crippen LogP contribution in [0.15, 0.2) is 12.1 Å². The van der Waals surface area contributed by atoms with Gasteiger partial charge < -0.3 is 5.32 Å². The number of hydrogen-bond donors (Lipinski definition) is 2. The summed E-state index contributed by atoms with van der Waals surface area (Å²) in [6.45, 7) is 5.22. The minimum absolute atomic E-state index is 0.146. The number of hydrogen-bond acceptors (Lipinski definition) is 3. The Morgan fingerprint density at radius 3 is 2.57 bits per heavy atom. The van der Waals surface area contributed by atoms with Gasteiger partial charge >= 0.3 is 6.18 Å². The van der Waals surface area contributed by atoms with Crippen LogP contribution in [0, 0.1) is 25.7 Å². The van der Waals surface area contributed by atoms with Crippen molar-refractivity contribution in [3.8, 4) is 0 Å². The first kappa shape index (κ1) is 20.7.